The molecule has 88 valence electrons. The maximum absolute atomic E-state index is 3.76. The second-order valence-corrected chi connectivity index (χ2v) is 5.45. The number of hydrogen-bond acceptors (Lipinski definition) is 2. The van der Waals surface area contributed by atoms with E-state index in [-0.39, 0.29) is 0 Å². The molecule has 2 fully saturated rings. The van der Waals surface area contributed by atoms with Gasteiger partial charge in [0.15, 0.2) is 0 Å². The van der Waals surface area contributed by atoms with Gasteiger partial charge in [0.25, 0.3) is 0 Å². The molecule has 1 saturated carbocycles. The fraction of sp³-hybridized carbons (Fsp3) is 1.00. The second-order valence-electron chi connectivity index (χ2n) is 5.45. The third kappa shape index (κ3) is 3.46. The maximum Gasteiger partial charge on any atom is 0.0117 e. The third-order valence-electron chi connectivity index (χ3n) is 4.09. The van der Waals surface area contributed by atoms with Crippen LogP contribution in [0.25, 0.3) is 0 Å². The summed E-state index contributed by atoms with van der Waals surface area (Å²) in [5.74, 6) is 1.90. The monoisotopic (exact) mass is 210 g/mol. The van der Waals surface area contributed by atoms with Crippen LogP contribution >= 0.6 is 0 Å². The summed E-state index contributed by atoms with van der Waals surface area (Å²) in [6, 6.07) is 0.784. The summed E-state index contributed by atoms with van der Waals surface area (Å²) in [6.07, 6.45) is 5.75. The molecule has 1 aliphatic heterocycles. The average molecular weight is 210 g/mol. The first-order valence-electron chi connectivity index (χ1n) is 6.75. The molecule has 0 bridgehead atoms. The predicted molar refractivity (Wildman–Crippen MR) is 65.0 cm³/mol. The van der Waals surface area contributed by atoms with Crippen LogP contribution in [0.1, 0.15) is 39.5 Å². The Morgan fingerprint density at radius 1 is 1.27 bits per heavy atom. The van der Waals surface area contributed by atoms with Crippen LogP contribution in [0.15, 0.2) is 0 Å². The quantitative estimate of drug-likeness (QED) is 0.747. The van der Waals surface area contributed by atoms with Gasteiger partial charge in [-0.1, -0.05) is 26.7 Å². The minimum absolute atomic E-state index is 0.784. The van der Waals surface area contributed by atoms with Crippen LogP contribution in [0, 0.1) is 11.8 Å². The highest BCUT2D eigenvalue weighted by molar-refractivity contribution is 4.83. The number of piperidine rings is 1. The Morgan fingerprint density at radius 3 is 2.67 bits per heavy atom. The normalized spacial score (nSPS) is 33.2. The van der Waals surface area contributed by atoms with Crippen molar-refractivity contribution in [1.82, 2.24) is 10.2 Å². The Bertz CT molecular complexity index is 189. The first-order valence-corrected chi connectivity index (χ1v) is 6.75. The molecule has 0 spiro atoms. The number of likely N-dealkylation sites (tertiary alicyclic amines) is 1. The van der Waals surface area contributed by atoms with Crippen molar-refractivity contribution in [3.63, 3.8) is 0 Å². The van der Waals surface area contributed by atoms with Crippen molar-refractivity contribution in [2.75, 3.05) is 26.2 Å². The van der Waals surface area contributed by atoms with Crippen LogP contribution in [-0.2, 0) is 0 Å². The van der Waals surface area contributed by atoms with Gasteiger partial charge in [0.05, 0.1) is 0 Å². The van der Waals surface area contributed by atoms with E-state index < -0.39 is 0 Å². The largest absolute Gasteiger partial charge is 0.314 e. The van der Waals surface area contributed by atoms with Crippen molar-refractivity contribution in [2.24, 2.45) is 11.8 Å². The van der Waals surface area contributed by atoms with Crippen molar-refractivity contribution < 1.29 is 0 Å². The third-order valence-corrected chi connectivity index (χ3v) is 4.09. The average Bonchev–Trinajstić information content (AvgIpc) is 3.04. The lowest BCUT2D eigenvalue weighted by molar-refractivity contribution is 0.153. The molecular weight excluding hydrogens is 184 g/mol. The topological polar surface area (TPSA) is 15.3 Å². The van der Waals surface area contributed by atoms with Crippen molar-refractivity contribution in [2.45, 2.75) is 45.6 Å². The SMILES string of the molecule is CCN1CCC(NCCC2CC2)C(C)C1. The summed E-state index contributed by atoms with van der Waals surface area (Å²) >= 11 is 0. The summed E-state index contributed by atoms with van der Waals surface area (Å²) in [5, 5.41) is 3.76. The number of nitrogens with one attached hydrogen (secondary N) is 1. The summed E-state index contributed by atoms with van der Waals surface area (Å²) in [4.78, 5) is 2.57. The molecule has 15 heavy (non-hydrogen) atoms. The Labute approximate surface area is 94.4 Å². The lowest BCUT2D eigenvalue weighted by atomic mass is 9.94. The molecule has 1 heterocycles. The minimum atomic E-state index is 0.784. The number of nitrogens with zero attached hydrogens (tertiary/aromatic N) is 1. The summed E-state index contributed by atoms with van der Waals surface area (Å²) in [5.41, 5.74) is 0. The van der Waals surface area contributed by atoms with Crippen molar-refractivity contribution >= 4 is 0 Å². The van der Waals surface area contributed by atoms with E-state index in [9.17, 15) is 0 Å². The summed E-state index contributed by atoms with van der Waals surface area (Å²) in [7, 11) is 0. The molecule has 2 rings (SSSR count). The number of hydrogen-bond donors (Lipinski definition) is 1. The van der Waals surface area contributed by atoms with Crippen LogP contribution in [0.4, 0.5) is 0 Å². The zero-order chi connectivity index (χ0) is 10.7. The minimum Gasteiger partial charge on any atom is -0.314 e. The fourth-order valence-electron chi connectivity index (χ4n) is 2.70. The Balaban J connectivity index is 1.63. The van der Waals surface area contributed by atoms with Gasteiger partial charge in [0.2, 0.25) is 0 Å². The lowest BCUT2D eigenvalue weighted by Crippen LogP contribution is -2.48. The van der Waals surface area contributed by atoms with Gasteiger partial charge in [0, 0.05) is 12.6 Å². The van der Waals surface area contributed by atoms with Crippen LogP contribution in [-0.4, -0.2) is 37.1 Å². The van der Waals surface area contributed by atoms with Crippen molar-refractivity contribution in [3.05, 3.63) is 0 Å². The van der Waals surface area contributed by atoms with E-state index in [1.165, 1.54) is 51.9 Å². The Kier molecular flexibility index (Phi) is 4.04. The van der Waals surface area contributed by atoms with Gasteiger partial charge in [-0.05, 0) is 44.3 Å². The van der Waals surface area contributed by atoms with Gasteiger partial charge in [-0.2, -0.15) is 0 Å². The molecule has 0 amide bonds. The summed E-state index contributed by atoms with van der Waals surface area (Å²) in [6.45, 7) is 9.73. The van der Waals surface area contributed by atoms with Crippen LogP contribution in [0.5, 0.6) is 0 Å². The van der Waals surface area contributed by atoms with E-state index in [1.54, 1.807) is 0 Å². The second kappa shape index (κ2) is 5.31. The molecule has 0 aromatic rings. The van der Waals surface area contributed by atoms with Gasteiger partial charge in [0.1, 0.15) is 0 Å². The lowest BCUT2D eigenvalue weighted by Gasteiger charge is -2.37. The number of rotatable bonds is 5. The van der Waals surface area contributed by atoms with E-state index in [0.717, 1.165) is 17.9 Å². The summed E-state index contributed by atoms with van der Waals surface area (Å²) < 4.78 is 0. The first-order chi connectivity index (χ1) is 7.29. The molecular formula is C13H26N2. The highest BCUT2D eigenvalue weighted by Crippen LogP contribution is 2.31. The van der Waals surface area contributed by atoms with E-state index in [1.807, 2.05) is 0 Å². The zero-order valence-electron chi connectivity index (χ0n) is 10.3. The Morgan fingerprint density at radius 2 is 2.07 bits per heavy atom. The zero-order valence-corrected chi connectivity index (χ0v) is 10.3. The van der Waals surface area contributed by atoms with E-state index in [4.69, 9.17) is 0 Å². The molecule has 0 aromatic carbocycles. The highest BCUT2D eigenvalue weighted by atomic mass is 15.1. The van der Waals surface area contributed by atoms with Crippen LogP contribution in [0.2, 0.25) is 0 Å². The van der Waals surface area contributed by atoms with Gasteiger partial charge < -0.3 is 10.2 Å². The molecule has 1 aliphatic carbocycles. The van der Waals surface area contributed by atoms with Gasteiger partial charge in [-0.15, -0.1) is 0 Å². The molecule has 2 unspecified atom stereocenters. The smallest absolute Gasteiger partial charge is 0.0117 e. The molecule has 1 saturated heterocycles. The molecule has 1 N–H and O–H groups in total. The first kappa shape index (κ1) is 11.4. The highest BCUT2D eigenvalue weighted by Gasteiger charge is 2.26. The predicted octanol–water partition coefficient (Wildman–Crippen LogP) is 2.11. The molecule has 0 radical (unpaired) electrons. The molecule has 2 atom stereocenters. The molecule has 2 nitrogen and oxygen atoms in total. The van der Waals surface area contributed by atoms with Gasteiger partial charge >= 0.3 is 0 Å². The van der Waals surface area contributed by atoms with Crippen LogP contribution < -0.4 is 5.32 Å². The van der Waals surface area contributed by atoms with Gasteiger partial charge in [-0.3, -0.25) is 0 Å². The van der Waals surface area contributed by atoms with E-state index >= 15 is 0 Å². The van der Waals surface area contributed by atoms with Crippen molar-refractivity contribution in [1.29, 1.82) is 0 Å². The molecule has 2 heteroatoms. The molecule has 2 aliphatic rings. The Hall–Kier alpha value is -0.0800. The van der Waals surface area contributed by atoms with Gasteiger partial charge in [-0.25, -0.2) is 0 Å². The standard InChI is InChI=1S/C13H26N2/c1-3-15-9-7-13(11(2)10-15)14-8-6-12-4-5-12/h11-14H,3-10H2,1-2H3. The van der Waals surface area contributed by atoms with E-state index in [0.29, 0.717) is 0 Å². The molecule has 0 aromatic heterocycles. The van der Waals surface area contributed by atoms with Crippen molar-refractivity contribution in [3.8, 4) is 0 Å². The van der Waals surface area contributed by atoms with E-state index in [2.05, 4.69) is 24.1 Å². The maximum atomic E-state index is 3.76. The van der Waals surface area contributed by atoms with Crippen LogP contribution in [0.3, 0.4) is 0 Å². The fourth-order valence-corrected chi connectivity index (χ4v) is 2.70.